The summed E-state index contributed by atoms with van der Waals surface area (Å²) in [5, 5.41) is 0.741. The van der Waals surface area contributed by atoms with Gasteiger partial charge in [-0.1, -0.05) is 43.1 Å². The average Bonchev–Trinajstić information content (AvgIpc) is 2.34. The first-order valence-electron chi connectivity index (χ1n) is 6.88. The Labute approximate surface area is 120 Å². The summed E-state index contributed by atoms with van der Waals surface area (Å²) in [5.41, 5.74) is 2.11. The number of hydrogen-bond donors (Lipinski definition) is 0. The third-order valence-corrected chi connectivity index (χ3v) is 3.38. The molecule has 0 spiro atoms. The van der Waals surface area contributed by atoms with Crippen molar-refractivity contribution in [2.45, 2.75) is 45.6 Å². The molecule has 1 nitrogen and oxygen atoms in total. The number of halogens is 1. The molecule has 0 fully saturated rings. The number of aryl methyl sites for hydroxylation is 1. The van der Waals surface area contributed by atoms with E-state index in [9.17, 15) is 0 Å². The molecule has 0 saturated carbocycles. The number of benzene rings is 1. The summed E-state index contributed by atoms with van der Waals surface area (Å²) in [7, 11) is 0. The molecule has 0 radical (unpaired) electrons. The number of hydrogen-bond acceptors (Lipinski definition) is 1. The van der Waals surface area contributed by atoms with Crippen molar-refractivity contribution in [3.63, 3.8) is 0 Å². The van der Waals surface area contributed by atoms with Gasteiger partial charge in [-0.2, -0.15) is 0 Å². The Morgan fingerprint density at radius 2 is 2.05 bits per heavy atom. The molecule has 0 bridgehead atoms. The highest BCUT2D eigenvalue weighted by Gasteiger charge is 2.23. The molecule has 102 valence electrons. The van der Waals surface area contributed by atoms with Gasteiger partial charge in [0, 0.05) is 10.6 Å². The lowest BCUT2D eigenvalue weighted by molar-refractivity contribution is 0.123. The van der Waals surface area contributed by atoms with Crippen LogP contribution in [0.25, 0.3) is 5.76 Å². The first kappa shape index (κ1) is 14.2. The molecule has 0 atom stereocenters. The lowest BCUT2D eigenvalue weighted by Crippen LogP contribution is -2.23. The monoisotopic (exact) mass is 276 g/mol. The lowest BCUT2D eigenvalue weighted by atomic mass is 10.0. The van der Waals surface area contributed by atoms with E-state index in [4.69, 9.17) is 16.3 Å². The van der Waals surface area contributed by atoms with Crippen molar-refractivity contribution < 1.29 is 4.74 Å². The molecule has 2 heteroatoms. The van der Waals surface area contributed by atoms with Crippen LogP contribution >= 0.6 is 11.6 Å². The molecule has 1 heterocycles. The van der Waals surface area contributed by atoms with Crippen molar-refractivity contribution in [2.24, 2.45) is 0 Å². The molecular formula is C17H21ClO. The molecule has 0 aromatic heterocycles. The SMILES string of the molecule is CCCCc1cccc(C2=CC(Cl)=CC(C)(C)O2)c1. The molecule has 0 saturated heterocycles. The third kappa shape index (κ3) is 3.87. The molecule has 2 rings (SSSR count). The van der Waals surface area contributed by atoms with Gasteiger partial charge in [0.25, 0.3) is 0 Å². The van der Waals surface area contributed by atoms with Crippen LogP contribution in [0.15, 0.2) is 41.4 Å². The molecule has 1 aromatic carbocycles. The molecule has 0 unspecified atom stereocenters. The number of unbranched alkanes of at least 4 members (excludes halogenated alkanes) is 1. The third-order valence-electron chi connectivity index (χ3n) is 3.16. The van der Waals surface area contributed by atoms with Gasteiger partial charge in [0.05, 0.1) is 0 Å². The van der Waals surface area contributed by atoms with E-state index in [2.05, 4.69) is 31.2 Å². The van der Waals surface area contributed by atoms with E-state index in [-0.39, 0.29) is 5.60 Å². The zero-order valence-electron chi connectivity index (χ0n) is 11.9. The smallest absolute Gasteiger partial charge is 0.129 e. The van der Waals surface area contributed by atoms with E-state index in [0.29, 0.717) is 0 Å². The average molecular weight is 277 g/mol. The minimum Gasteiger partial charge on any atom is -0.483 e. The minimum absolute atomic E-state index is 0.347. The Morgan fingerprint density at radius 1 is 1.26 bits per heavy atom. The van der Waals surface area contributed by atoms with E-state index in [1.807, 2.05) is 26.0 Å². The number of allylic oxidation sites excluding steroid dienone is 2. The van der Waals surface area contributed by atoms with E-state index >= 15 is 0 Å². The second-order valence-corrected chi connectivity index (χ2v) is 5.98. The van der Waals surface area contributed by atoms with Crippen LogP contribution in [0.5, 0.6) is 0 Å². The van der Waals surface area contributed by atoms with Crippen LogP contribution in [-0.2, 0) is 11.2 Å². The summed E-state index contributed by atoms with van der Waals surface area (Å²) in [6.07, 6.45) is 7.37. The fourth-order valence-corrected chi connectivity index (χ4v) is 2.61. The van der Waals surface area contributed by atoms with Crippen molar-refractivity contribution >= 4 is 17.4 Å². The summed E-state index contributed by atoms with van der Waals surface area (Å²) in [5.74, 6) is 0.857. The molecule has 0 N–H and O–H groups in total. The van der Waals surface area contributed by atoms with Crippen molar-refractivity contribution in [3.8, 4) is 0 Å². The van der Waals surface area contributed by atoms with Crippen molar-refractivity contribution in [3.05, 3.63) is 52.6 Å². The molecule has 1 aromatic rings. The Balaban J connectivity index is 2.25. The Hall–Kier alpha value is -1.21. The normalized spacial score (nSPS) is 17.5. The van der Waals surface area contributed by atoms with Gasteiger partial charge in [-0.15, -0.1) is 0 Å². The second-order valence-electron chi connectivity index (χ2n) is 5.55. The van der Waals surface area contributed by atoms with Gasteiger partial charge in [-0.3, -0.25) is 0 Å². The second kappa shape index (κ2) is 5.83. The minimum atomic E-state index is -0.347. The first-order valence-corrected chi connectivity index (χ1v) is 7.26. The van der Waals surface area contributed by atoms with E-state index in [1.165, 1.54) is 18.4 Å². The highest BCUT2D eigenvalue weighted by molar-refractivity contribution is 6.31. The summed E-state index contributed by atoms with van der Waals surface area (Å²) < 4.78 is 5.99. The highest BCUT2D eigenvalue weighted by Crippen LogP contribution is 2.32. The van der Waals surface area contributed by atoms with Gasteiger partial charge < -0.3 is 4.74 Å². The fraction of sp³-hybridized carbons (Fsp3) is 0.412. The number of rotatable bonds is 4. The zero-order valence-corrected chi connectivity index (χ0v) is 12.6. The van der Waals surface area contributed by atoms with Crippen LogP contribution in [0, 0.1) is 0 Å². The Morgan fingerprint density at radius 3 is 2.74 bits per heavy atom. The Kier molecular flexibility index (Phi) is 4.36. The molecule has 1 aliphatic heterocycles. The van der Waals surface area contributed by atoms with E-state index in [0.717, 1.165) is 22.8 Å². The highest BCUT2D eigenvalue weighted by atomic mass is 35.5. The number of ether oxygens (including phenoxy) is 1. The summed E-state index contributed by atoms with van der Waals surface area (Å²) in [4.78, 5) is 0. The van der Waals surface area contributed by atoms with Gasteiger partial charge in [-0.05, 0) is 50.5 Å². The van der Waals surface area contributed by atoms with Crippen LogP contribution in [0.3, 0.4) is 0 Å². The topological polar surface area (TPSA) is 9.23 Å². The van der Waals surface area contributed by atoms with Gasteiger partial charge >= 0.3 is 0 Å². The van der Waals surface area contributed by atoms with Gasteiger partial charge in [-0.25, -0.2) is 0 Å². The fourth-order valence-electron chi connectivity index (χ4n) is 2.24. The van der Waals surface area contributed by atoms with E-state index < -0.39 is 0 Å². The largest absolute Gasteiger partial charge is 0.483 e. The molecule has 19 heavy (non-hydrogen) atoms. The molecular weight excluding hydrogens is 256 g/mol. The maximum Gasteiger partial charge on any atom is 0.129 e. The maximum atomic E-state index is 6.17. The molecule has 0 aliphatic carbocycles. The summed E-state index contributed by atoms with van der Waals surface area (Å²) >= 11 is 6.17. The van der Waals surface area contributed by atoms with Gasteiger partial charge in [0.1, 0.15) is 11.4 Å². The first-order chi connectivity index (χ1) is 9.00. The molecule has 1 aliphatic rings. The van der Waals surface area contributed by atoms with Crippen LogP contribution in [-0.4, -0.2) is 5.60 Å². The lowest BCUT2D eigenvalue weighted by Gasteiger charge is -2.28. The van der Waals surface area contributed by atoms with Gasteiger partial charge in [0.2, 0.25) is 0 Å². The van der Waals surface area contributed by atoms with Gasteiger partial charge in [0.15, 0.2) is 0 Å². The van der Waals surface area contributed by atoms with Crippen LogP contribution in [0.2, 0.25) is 0 Å². The van der Waals surface area contributed by atoms with E-state index in [1.54, 1.807) is 0 Å². The predicted octanol–water partition coefficient (Wildman–Crippen LogP) is 5.30. The maximum absolute atomic E-state index is 6.17. The van der Waals surface area contributed by atoms with Crippen molar-refractivity contribution in [2.75, 3.05) is 0 Å². The molecule has 0 amide bonds. The standard InChI is InChI=1S/C17H21ClO/c1-4-5-7-13-8-6-9-14(10-13)16-11-15(18)12-17(2,3)19-16/h6,8-12H,4-5,7H2,1-3H3. The van der Waals surface area contributed by atoms with Crippen LogP contribution in [0.4, 0.5) is 0 Å². The summed E-state index contributed by atoms with van der Waals surface area (Å²) in [6, 6.07) is 8.54. The van der Waals surface area contributed by atoms with Crippen molar-refractivity contribution in [1.29, 1.82) is 0 Å². The zero-order chi connectivity index (χ0) is 13.9. The van der Waals surface area contributed by atoms with Crippen LogP contribution < -0.4 is 0 Å². The van der Waals surface area contributed by atoms with Crippen LogP contribution in [0.1, 0.15) is 44.7 Å². The van der Waals surface area contributed by atoms with Crippen molar-refractivity contribution in [1.82, 2.24) is 0 Å². The quantitative estimate of drug-likeness (QED) is 0.725. The summed E-state index contributed by atoms with van der Waals surface area (Å²) in [6.45, 7) is 6.25. The Bertz CT molecular complexity index is 512. The predicted molar refractivity (Wildman–Crippen MR) is 82.1 cm³/mol.